The Morgan fingerprint density at radius 1 is 1.24 bits per heavy atom. The molecule has 0 bridgehead atoms. The zero-order valence-electron chi connectivity index (χ0n) is 12.1. The second-order valence-electron chi connectivity index (χ2n) is 4.93. The van der Waals surface area contributed by atoms with Gasteiger partial charge in [0.15, 0.2) is 18.1 Å². The van der Waals surface area contributed by atoms with E-state index in [2.05, 4.69) is 5.32 Å². The Bertz CT molecular complexity index is 603. The van der Waals surface area contributed by atoms with Gasteiger partial charge in [-0.05, 0) is 50.2 Å². The molecule has 1 amide bonds. The zero-order chi connectivity index (χ0) is 15.2. The molecule has 1 aromatic heterocycles. The van der Waals surface area contributed by atoms with Gasteiger partial charge in [0.2, 0.25) is 0 Å². The minimum atomic E-state index is -0.0935. The molecule has 0 saturated heterocycles. The van der Waals surface area contributed by atoms with E-state index in [0.717, 1.165) is 5.76 Å². The minimum Gasteiger partial charge on any atom is -0.463 e. The molecule has 21 heavy (non-hydrogen) atoms. The van der Waals surface area contributed by atoms with Crippen molar-refractivity contribution in [1.82, 2.24) is 0 Å². The van der Waals surface area contributed by atoms with Crippen LogP contribution < -0.4 is 10.6 Å². The highest BCUT2D eigenvalue weighted by atomic mass is 16.3. The fourth-order valence-electron chi connectivity index (χ4n) is 1.95. The lowest BCUT2D eigenvalue weighted by Gasteiger charge is -2.09. The Morgan fingerprint density at radius 3 is 2.52 bits per heavy atom. The van der Waals surface area contributed by atoms with Gasteiger partial charge >= 0.3 is 0 Å². The average molecular weight is 287 g/mol. The topological polar surface area (TPSA) is 75.9 Å². The van der Waals surface area contributed by atoms with Gasteiger partial charge in [0.1, 0.15) is 6.04 Å². The highest BCUT2D eigenvalue weighted by Crippen LogP contribution is 2.10. The molecule has 0 aliphatic rings. The number of carbonyl (C=O) groups excluding carboxylic acids is 2. The molecule has 0 unspecified atom stereocenters. The molecule has 1 atom stereocenters. The third kappa shape index (κ3) is 4.29. The molecule has 3 N–H and O–H groups in total. The number of nitrogens with one attached hydrogen (secondary N) is 1. The van der Waals surface area contributed by atoms with E-state index < -0.39 is 0 Å². The molecule has 0 radical (unpaired) electrons. The summed E-state index contributed by atoms with van der Waals surface area (Å²) in [6, 6.07) is 10.7. The number of Topliss-reactive ketones (excluding diaryl/α,β-unsaturated/α-hetero) is 1. The summed E-state index contributed by atoms with van der Waals surface area (Å²) in [5, 5.41) is 4.70. The molecule has 0 aliphatic heterocycles. The van der Waals surface area contributed by atoms with E-state index in [4.69, 9.17) is 4.42 Å². The van der Waals surface area contributed by atoms with Gasteiger partial charge in [0, 0.05) is 11.3 Å². The molecule has 5 nitrogen and oxygen atoms in total. The molecule has 110 valence electrons. The van der Waals surface area contributed by atoms with Gasteiger partial charge in [0.05, 0.1) is 6.26 Å². The molecule has 1 heterocycles. The van der Waals surface area contributed by atoms with Crippen LogP contribution in [0.2, 0.25) is 0 Å². The zero-order valence-corrected chi connectivity index (χ0v) is 12.1. The molecule has 5 heteroatoms. The highest BCUT2D eigenvalue weighted by molar-refractivity contribution is 5.95. The first-order valence-corrected chi connectivity index (χ1v) is 6.84. The molecule has 2 rings (SSSR count). The predicted octanol–water partition coefficient (Wildman–Crippen LogP) is 1.75. The summed E-state index contributed by atoms with van der Waals surface area (Å²) in [5.41, 5.74) is 1.31. The SMILES string of the molecule is CC(=O)c1ccc(NC(=O)C[NH2+][C@H](C)c2ccco2)cc1. The van der Waals surface area contributed by atoms with Crippen LogP contribution in [0.5, 0.6) is 0 Å². The molecule has 0 aliphatic carbocycles. The van der Waals surface area contributed by atoms with Gasteiger partial charge in [-0.3, -0.25) is 9.59 Å². The maximum Gasteiger partial charge on any atom is 0.279 e. The van der Waals surface area contributed by atoms with E-state index in [-0.39, 0.29) is 17.7 Å². The van der Waals surface area contributed by atoms with E-state index >= 15 is 0 Å². The number of ketones is 1. The van der Waals surface area contributed by atoms with E-state index in [0.29, 0.717) is 17.8 Å². The quantitative estimate of drug-likeness (QED) is 0.795. The number of anilines is 1. The summed E-state index contributed by atoms with van der Waals surface area (Å²) in [6.45, 7) is 3.79. The largest absolute Gasteiger partial charge is 0.463 e. The monoisotopic (exact) mass is 287 g/mol. The second-order valence-corrected chi connectivity index (χ2v) is 4.93. The van der Waals surface area contributed by atoms with Crippen molar-refractivity contribution in [1.29, 1.82) is 0 Å². The van der Waals surface area contributed by atoms with Gasteiger partial charge in [-0.15, -0.1) is 0 Å². The highest BCUT2D eigenvalue weighted by Gasteiger charge is 2.13. The molecular weight excluding hydrogens is 268 g/mol. The third-order valence-corrected chi connectivity index (χ3v) is 3.22. The second kappa shape index (κ2) is 6.85. The Kier molecular flexibility index (Phi) is 4.90. The van der Waals surface area contributed by atoms with Gasteiger partial charge in [-0.25, -0.2) is 0 Å². The van der Waals surface area contributed by atoms with Gasteiger partial charge < -0.3 is 15.1 Å². The van der Waals surface area contributed by atoms with Crippen LogP contribution in [0, 0.1) is 0 Å². The van der Waals surface area contributed by atoms with Crippen LogP contribution in [0.3, 0.4) is 0 Å². The fourth-order valence-corrected chi connectivity index (χ4v) is 1.95. The maximum atomic E-state index is 11.9. The number of carbonyl (C=O) groups is 2. The number of quaternary nitrogens is 1. The summed E-state index contributed by atoms with van der Waals surface area (Å²) < 4.78 is 5.29. The number of nitrogens with two attached hydrogens (primary N) is 1. The summed E-state index contributed by atoms with van der Waals surface area (Å²) in [5.74, 6) is 0.756. The molecule has 0 spiro atoms. The summed E-state index contributed by atoms with van der Waals surface area (Å²) >= 11 is 0. The molecule has 1 aromatic carbocycles. The third-order valence-electron chi connectivity index (χ3n) is 3.22. The Balaban J connectivity index is 1.83. The van der Waals surface area contributed by atoms with E-state index in [1.165, 1.54) is 6.92 Å². The van der Waals surface area contributed by atoms with E-state index in [1.54, 1.807) is 30.5 Å². The number of rotatable bonds is 6. The van der Waals surface area contributed by atoms with Crippen LogP contribution in [-0.2, 0) is 4.79 Å². The number of furan rings is 1. The van der Waals surface area contributed by atoms with Crippen molar-refractivity contribution in [2.24, 2.45) is 0 Å². The first kappa shape index (κ1) is 15.0. The van der Waals surface area contributed by atoms with Gasteiger partial charge in [-0.1, -0.05) is 0 Å². The van der Waals surface area contributed by atoms with Crippen LogP contribution in [0.25, 0.3) is 0 Å². The standard InChI is InChI=1S/C16H18N2O3/c1-11(15-4-3-9-21-15)17-10-16(20)18-14-7-5-13(6-8-14)12(2)19/h3-9,11,17H,10H2,1-2H3,(H,18,20)/p+1/t11-/m1/s1. The number of benzene rings is 1. The van der Waals surface area contributed by atoms with Gasteiger partial charge in [-0.2, -0.15) is 0 Å². The van der Waals surface area contributed by atoms with Crippen LogP contribution in [0.4, 0.5) is 5.69 Å². The molecule has 0 saturated carbocycles. The normalized spacial score (nSPS) is 11.9. The molecular formula is C16H19N2O3+. The van der Waals surface area contributed by atoms with E-state index in [1.807, 2.05) is 24.4 Å². The number of hydrogen-bond donors (Lipinski definition) is 2. The molecule has 0 fully saturated rings. The Morgan fingerprint density at radius 2 is 1.95 bits per heavy atom. The van der Waals surface area contributed by atoms with Crippen molar-refractivity contribution in [2.75, 3.05) is 11.9 Å². The minimum absolute atomic E-state index is 0.00785. The van der Waals surface area contributed by atoms with E-state index in [9.17, 15) is 9.59 Å². The lowest BCUT2D eigenvalue weighted by molar-refractivity contribution is -0.684. The number of amides is 1. The lowest BCUT2D eigenvalue weighted by atomic mass is 10.1. The first-order valence-electron chi connectivity index (χ1n) is 6.84. The lowest BCUT2D eigenvalue weighted by Crippen LogP contribution is -2.86. The van der Waals surface area contributed by atoms with Crippen molar-refractivity contribution in [3.05, 3.63) is 54.0 Å². The molecule has 2 aromatic rings. The maximum absolute atomic E-state index is 11.9. The van der Waals surface area contributed by atoms with Crippen molar-refractivity contribution in [3.8, 4) is 0 Å². The summed E-state index contributed by atoms with van der Waals surface area (Å²) in [4.78, 5) is 23.0. The Labute approximate surface area is 123 Å². The van der Waals surface area contributed by atoms with Crippen LogP contribution in [0.1, 0.15) is 36.0 Å². The van der Waals surface area contributed by atoms with Crippen LogP contribution >= 0.6 is 0 Å². The average Bonchev–Trinajstić information content (AvgIpc) is 2.99. The number of hydrogen-bond acceptors (Lipinski definition) is 3. The van der Waals surface area contributed by atoms with Crippen molar-refractivity contribution >= 4 is 17.4 Å². The van der Waals surface area contributed by atoms with Crippen molar-refractivity contribution < 1.29 is 19.3 Å². The van der Waals surface area contributed by atoms with Crippen LogP contribution in [0.15, 0.2) is 47.1 Å². The fraction of sp³-hybridized carbons (Fsp3) is 0.250. The van der Waals surface area contributed by atoms with Gasteiger partial charge in [0.25, 0.3) is 5.91 Å². The predicted molar refractivity (Wildman–Crippen MR) is 79.0 cm³/mol. The first-order chi connectivity index (χ1) is 10.1. The smallest absolute Gasteiger partial charge is 0.279 e. The van der Waals surface area contributed by atoms with Crippen molar-refractivity contribution in [2.45, 2.75) is 19.9 Å². The Hall–Kier alpha value is -2.40. The summed E-state index contributed by atoms with van der Waals surface area (Å²) in [6.07, 6.45) is 1.62. The van der Waals surface area contributed by atoms with Crippen LogP contribution in [-0.4, -0.2) is 18.2 Å². The summed E-state index contributed by atoms with van der Waals surface area (Å²) in [7, 11) is 0. The van der Waals surface area contributed by atoms with Crippen molar-refractivity contribution in [3.63, 3.8) is 0 Å².